The molecular formula is C77H150O17P2. The summed E-state index contributed by atoms with van der Waals surface area (Å²) in [5, 5.41) is 10.6. The van der Waals surface area contributed by atoms with E-state index < -0.39 is 97.5 Å². The van der Waals surface area contributed by atoms with Gasteiger partial charge in [-0.15, -0.1) is 0 Å². The van der Waals surface area contributed by atoms with Crippen LogP contribution >= 0.6 is 15.6 Å². The van der Waals surface area contributed by atoms with Crippen molar-refractivity contribution in [2.24, 2.45) is 5.92 Å². The molecule has 5 atom stereocenters. The first kappa shape index (κ1) is 94.1. The lowest BCUT2D eigenvalue weighted by molar-refractivity contribution is -0.161. The van der Waals surface area contributed by atoms with Crippen LogP contribution in [0.3, 0.4) is 0 Å². The van der Waals surface area contributed by atoms with E-state index in [0.29, 0.717) is 25.7 Å². The van der Waals surface area contributed by atoms with Gasteiger partial charge < -0.3 is 33.8 Å². The highest BCUT2D eigenvalue weighted by molar-refractivity contribution is 7.47. The molecule has 0 radical (unpaired) electrons. The molecule has 0 aromatic rings. The lowest BCUT2D eigenvalue weighted by Crippen LogP contribution is -2.30. The Morgan fingerprint density at radius 2 is 0.479 bits per heavy atom. The first-order valence-electron chi connectivity index (χ1n) is 40.1. The van der Waals surface area contributed by atoms with Gasteiger partial charge in [0.15, 0.2) is 12.2 Å². The molecule has 0 heterocycles. The smallest absolute Gasteiger partial charge is 0.462 e. The lowest BCUT2D eigenvalue weighted by Gasteiger charge is -2.21. The molecule has 17 nitrogen and oxygen atoms in total. The van der Waals surface area contributed by atoms with Gasteiger partial charge in [0.05, 0.1) is 26.4 Å². The average molecular weight is 1410 g/mol. The van der Waals surface area contributed by atoms with Gasteiger partial charge in [-0.2, -0.15) is 0 Å². The van der Waals surface area contributed by atoms with Gasteiger partial charge >= 0.3 is 39.5 Å². The van der Waals surface area contributed by atoms with Crippen LogP contribution in [0.15, 0.2) is 0 Å². The number of ether oxygens (including phenoxy) is 4. The minimum absolute atomic E-state index is 0.105. The Morgan fingerprint density at radius 1 is 0.281 bits per heavy atom. The molecule has 0 aromatic heterocycles. The van der Waals surface area contributed by atoms with Gasteiger partial charge in [-0.3, -0.25) is 37.3 Å². The van der Waals surface area contributed by atoms with Crippen molar-refractivity contribution in [3.8, 4) is 0 Å². The molecule has 0 aliphatic heterocycles. The fourth-order valence-corrected chi connectivity index (χ4v) is 13.5. The molecule has 0 amide bonds. The number of phosphoric acid groups is 2. The zero-order valence-corrected chi connectivity index (χ0v) is 64.3. The van der Waals surface area contributed by atoms with Crippen molar-refractivity contribution in [3.05, 3.63) is 0 Å². The van der Waals surface area contributed by atoms with Crippen LogP contribution < -0.4 is 0 Å². The van der Waals surface area contributed by atoms with E-state index in [1.165, 1.54) is 231 Å². The highest BCUT2D eigenvalue weighted by Gasteiger charge is 2.30. The van der Waals surface area contributed by atoms with Crippen LogP contribution in [0, 0.1) is 5.92 Å². The number of unbranched alkanes of at least 4 members (excludes halogenated alkanes) is 49. The predicted octanol–water partition coefficient (Wildman–Crippen LogP) is 22.9. The van der Waals surface area contributed by atoms with Crippen LogP contribution in [-0.2, 0) is 65.4 Å². The van der Waals surface area contributed by atoms with E-state index in [9.17, 15) is 43.2 Å². The van der Waals surface area contributed by atoms with Crippen molar-refractivity contribution in [3.63, 3.8) is 0 Å². The summed E-state index contributed by atoms with van der Waals surface area (Å²) in [5.74, 6) is -1.40. The molecule has 19 heteroatoms. The normalized spacial score (nSPS) is 13.9. The molecule has 96 heavy (non-hydrogen) atoms. The van der Waals surface area contributed by atoms with Crippen LogP contribution in [0.1, 0.15) is 407 Å². The van der Waals surface area contributed by atoms with Crippen LogP contribution in [-0.4, -0.2) is 96.7 Å². The summed E-state index contributed by atoms with van der Waals surface area (Å²) in [6, 6.07) is 0. The first-order valence-corrected chi connectivity index (χ1v) is 43.1. The second kappa shape index (κ2) is 70.1. The Morgan fingerprint density at radius 3 is 0.708 bits per heavy atom. The van der Waals surface area contributed by atoms with E-state index >= 15 is 0 Å². The van der Waals surface area contributed by atoms with E-state index in [0.717, 1.165) is 95.8 Å². The third-order valence-electron chi connectivity index (χ3n) is 18.0. The summed E-state index contributed by atoms with van der Waals surface area (Å²) >= 11 is 0. The van der Waals surface area contributed by atoms with E-state index in [1.54, 1.807) is 0 Å². The molecule has 2 unspecified atom stereocenters. The molecule has 0 rings (SSSR count). The molecule has 0 bridgehead atoms. The topological polar surface area (TPSA) is 237 Å². The number of aliphatic hydroxyl groups is 1. The van der Waals surface area contributed by atoms with Gasteiger partial charge in [-0.05, 0) is 31.6 Å². The van der Waals surface area contributed by atoms with Gasteiger partial charge in [-0.25, -0.2) is 9.13 Å². The summed E-state index contributed by atoms with van der Waals surface area (Å²) in [6.07, 6.45) is 59.8. The standard InChI is InChI=1S/C77H150O17P2/c1-6-9-12-15-18-21-23-25-27-29-31-33-35-37-40-46-51-56-61-75(80)88-67-72(93-76(81)62-57-52-47-41-38-36-34-32-30-28-26-24-22-19-16-13-10-7-2)68-91-95(83,84)89-64-71(78)65-90-96(85,86)92-69-73(66-87-74(79)60-55-50-45-39-20-17-14-11-8-3)94-77(82)63-58-53-48-43-42-44-49-54-59-70(4)5/h70-73,78H,6-69H2,1-5H3,(H,83,84)(H,85,86)/t71-,72-,73-/m1/s1. The van der Waals surface area contributed by atoms with E-state index in [4.69, 9.17) is 37.0 Å². The number of aliphatic hydroxyl groups excluding tert-OH is 1. The number of phosphoric ester groups is 2. The van der Waals surface area contributed by atoms with Crippen molar-refractivity contribution in [1.29, 1.82) is 0 Å². The third kappa shape index (κ3) is 70.5. The molecule has 0 aromatic carbocycles. The molecule has 3 N–H and O–H groups in total. The number of esters is 4. The Hall–Kier alpha value is -1.94. The van der Waals surface area contributed by atoms with Crippen LogP contribution in [0.5, 0.6) is 0 Å². The number of carbonyl (C=O) groups excluding carboxylic acids is 4. The molecule has 0 saturated carbocycles. The van der Waals surface area contributed by atoms with Gasteiger partial charge in [0, 0.05) is 25.7 Å². The largest absolute Gasteiger partial charge is 0.472 e. The number of hydrogen-bond acceptors (Lipinski definition) is 15. The summed E-state index contributed by atoms with van der Waals surface area (Å²) in [6.45, 7) is 7.24. The number of rotatable bonds is 77. The summed E-state index contributed by atoms with van der Waals surface area (Å²) < 4.78 is 68.5. The van der Waals surface area contributed by atoms with Crippen molar-refractivity contribution >= 4 is 39.5 Å². The molecule has 570 valence electrons. The van der Waals surface area contributed by atoms with E-state index in [-0.39, 0.29) is 25.7 Å². The van der Waals surface area contributed by atoms with Crippen molar-refractivity contribution in [1.82, 2.24) is 0 Å². The highest BCUT2D eigenvalue weighted by atomic mass is 31.2. The summed E-state index contributed by atoms with van der Waals surface area (Å²) in [7, 11) is -9.91. The highest BCUT2D eigenvalue weighted by Crippen LogP contribution is 2.45. The Labute approximate surface area is 588 Å². The van der Waals surface area contributed by atoms with Crippen molar-refractivity contribution in [2.45, 2.75) is 425 Å². The predicted molar refractivity (Wildman–Crippen MR) is 391 cm³/mol. The summed E-state index contributed by atoms with van der Waals surface area (Å²) in [4.78, 5) is 72.8. The SMILES string of the molecule is CCCCCCCCCCCCCCCCCCCCC(=O)OC[C@H](COP(=O)(O)OC[C@@H](O)COP(=O)(O)OC[C@@H](COC(=O)CCCCCCCCCCC)OC(=O)CCCCCCCCCCC(C)C)OC(=O)CCCCCCCCCCCCCCCCCCCC. The maximum atomic E-state index is 13.1. The number of hydrogen-bond donors (Lipinski definition) is 3. The van der Waals surface area contributed by atoms with Crippen molar-refractivity contribution in [2.75, 3.05) is 39.6 Å². The Balaban J connectivity index is 5.20. The van der Waals surface area contributed by atoms with Gasteiger partial charge in [0.2, 0.25) is 0 Å². The molecule has 0 aliphatic carbocycles. The minimum atomic E-state index is -4.96. The fourth-order valence-electron chi connectivity index (χ4n) is 11.9. The molecule has 0 spiro atoms. The van der Waals surface area contributed by atoms with Gasteiger partial charge in [-0.1, -0.05) is 356 Å². The minimum Gasteiger partial charge on any atom is -0.462 e. The Kier molecular flexibility index (Phi) is 68.7. The molecule has 0 aliphatic rings. The maximum absolute atomic E-state index is 13.1. The zero-order valence-electron chi connectivity index (χ0n) is 62.5. The third-order valence-corrected chi connectivity index (χ3v) is 19.9. The zero-order chi connectivity index (χ0) is 70.5. The van der Waals surface area contributed by atoms with Gasteiger partial charge in [0.1, 0.15) is 19.3 Å². The Bertz CT molecular complexity index is 1840. The molecule has 0 saturated heterocycles. The lowest BCUT2D eigenvalue weighted by atomic mass is 10.0. The monoisotopic (exact) mass is 1410 g/mol. The average Bonchev–Trinajstić information content (AvgIpc) is 1.70. The second-order valence-electron chi connectivity index (χ2n) is 28.2. The first-order chi connectivity index (χ1) is 46.5. The van der Waals surface area contributed by atoms with E-state index in [1.807, 2.05) is 0 Å². The van der Waals surface area contributed by atoms with E-state index in [2.05, 4.69) is 34.6 Å². The fraction of sp³-hybridized carbons (Fsp3) is 0.948. The second-order valence-corrected chi connectivity index (χ2v) is 31.1. The molecular weight excluding hydrogens is 1260 g/mol. The quantitative estimate of drug-likeness (QED) is 0.0222. The van der Waals surface area contributed by atoms with Crippen LogP contribution in [0.4, 0.5) is 0 Å². The van der Waals surface area contributed by atoms with Crippen LogP contribution in [0.25, 0.3) is 0 Å². The molecule has 0 fully saturated rings. The van der Waals surface area contributed by atoms with Crippen LogP contribution in [0.2, 0.25) is 0 Å². The van der Waals surface area contributed by atoms with Crippen molar-refractivity contribution < 1.29 is 80.2 Å². The van der Waals surface area contributed by atoms with Gasteiger partial charge in [0.25, 0.3) is 0 Å². The summed E-state index contributed by atoms with van der Waals surface area (Å²) in [5.41, 5.74) is 0. The maximum Gasteiger partial charge on any atom is 0.472 e. The number of carbonyl (C=O) groups is 4.